The Labute approximate surface area is 95.7 Å². The number of halogens is 2. The van der Waals surface area contributed by atoms with Gasteiger partial charge in [-0.1, -0.05) is 32.3 Å². The maximum absolute atomic E-state index is 13.7. The maximum Gasteiger partial charge on any atom is 0.133 e. The summed E-state index contributed by atoms with van der Waals surface area (Å²) in [5.41, 5.74) is 6.31. The van der Waals surface area contributed by atoms with Crippen molar-refractivity contribution in [1.29, 1.82) is 0 Å². The van der Waals surface area contributed by atoms with Crippen LogP contribution in [0.25, 0.3) is 0 Å². The van der Waals surface area contributed by atoms with E-state index in [1.807, 2.05) is 0 Å². The molecule has 0 aliphatic rings. The van der Waals surface area contributed by atoms with E-state index in [1.165, 1.54) is 12.1 Å². The third-order valence-electron chi connectivity index (χ3n) is 2.81. The molecule has 0 radical (unpaired) electrons. The second-order valence-corrected chi connectivity index (χ2v) is 4.19. The van der Waals surface area contributed by atoms with E-state index in [4.69, 9.17) is 5.73 Å². The van der Waals surface area contributed by atoms with Gasteiger partial charge in [-0.15, -0.1) is 0 Å². The lowest BCUT2D eigenvalue weighted by molar-refractivity contribution is 0.494. The molecule has 1 rings (SSSR count). The molecule has 0 spiro atoms. The Bertz CT molecular complexity index is 350. The van der Waals surface area contributed by atoms with Gasteiger partial charge in [0.1, 0.15) is 11.6 Å². The molecule has 0 saturated heterocycles. The zero-order chi connectivity index (χ0) is 12.1. The van der Waals surface area contributed by atoms with E-state index in [2.05, 4.69) is 6.92 Å². The Balaban J connectivity index is 2.81. The van der Waals surface area contributed by atoms with Gasteiger partial charge in [-0.05, 0) is 25.0 Å². The highest BCUT2D eigenvalue weighted by Gasteiger charge is 2.17. The van der Waals surface area contributed by atoms with Gasteiger partial charge in [-0.3, -0.25) is 0 Å². The standard InChI is InChI=1S/C13H19F2N/c1-3-4-5-6-11(16)12-10(14)8-7-9(2)13(12)15/h7-8,11H,3-6,16H2,1-2H3/t11-/m0/s1. The van der Waals surface area contributed by atoms with Crippen molar-refractivity contribution in [3.63, 3.8) is 0 Å². The lowest BCUT2D eigenvalue weighted by atomic mass is 9.98. The van der Waals surface area contributed by atoms with Crippen molar-refractivity contribution in [3.05, 3.63) is 34.9 Å². The number of unbranched alkanes of at least 4 members (excludes halogenated alkanes) is 2. The van der Waals surface area contributed by atoms with E-state index in [-0.39, 0.29) is 5.56 Å². The molecule has 0 amide bonds. The number of hydrogen-bond acceptors (Lipinski definition) is 1. The van der Waals surface area contributed by atoms with E-state index >= 15 is 0 Å². The fourth-order valence-electron chi connectivity index (χ4n) is 1.78. The molecule has 0 unspecified atom stereocenters. The first-order valence-electron chi connectivity index (χ1n) is 5.78. The third kappa shape index (κ3) is 3.01. The normalized spacial score (nSPS) is 12.8. The Kier molecular flexibility index (Phi) is 4.87. The minimum Gasteiger partial charge on any atom is -0.324 e. The molecule has 3 heteroatoms. The first-order valence-corrected chi connectivity index (χ1v) is 5.78. The van der Waals surface area contributed by atoms with Crippen molar-refractivity contribution >= 4 is 0 Å². The van der Waals surface area contributed by atoms with Gasteiger partial charge >= 0.3 is 0 Å². The van der Waals surface area contributed by atoms with Crippen molar-refractivity contribution in [3.8, 4) is 0 Å². The predicted octanol–water partition coefficient (Wildman–Crippen LogP) is 3.85. The van der Waals surface area contributed by atoms with E-state index < -0.39 is 17.7 Å². The van der Waals surface area contributed by atoms with Crippen LogP contribution in [0.5, 0.6) is 0 Å². The molecule has 0 bridgehead atoms. The van der Waals surface area contributed by atoms with Crippen molar-refractivity contribution in [1.82, 2.24) is 0 Å². The fourth-order valence-corrected chi connectivity index (χ4v) is 1.78. The molecule has 0 aromatic heterocycles. The molecule has 0 heterocycles. The summed E-state index contributed by atoms with van der Waals surface area (Å²) in [7, 11) is 0. The van der Waals surface area contributed by atoms with Crippen LogP contribution in [-0.4, -0.2) is 0 Å². The fraction of sp³-hybridized carbons (Fsp3) is 0.538. The zero-order valence-electron chi connectivity index (χ0n) is 9.89. The highest BCUT2D eigenvalue weighted by atomic mass is 19.1. The first kappa shape index (κ1) is 13.1. The van der Waals surface area contributed by atoms with Gasteiger partial charge in [0.05, 0.1) is 0 Å². The SMILES string of the molecule is CCCCC[C@H](N)c1c(F)ccc(C)c1F. The summed E-state index contributed by atoms with van der Waals surface area (Å²) >= 11 is 0. The highest BCUT2D eigenvalue weighted by molar-refractivity contribution is 5.28. The van der Waals surface area contributed by atoms with Crippen LogP contribution in [0.1, 0.15) is 49.8 Å². The summed E-state index contributed by atoms with van der Waals surface area (Å²) < 4.78 is 27.2. The molecule has 0 fully saturated rings. The summed E-state index contributed by atoms with van der Waals surface area (Å²) in [4.78, 5) is 0. The number of rotatable bonds is 5. The van der Waals surface area contributed by atoms with Crippen LogP contribution in [-0.2, 0) is 0 Å². The van der Waals surface area contributed by atoms with Gasteiger partial charge in [0.2, 0.25) is 0 Å². The van der Waals surface area contributed by atoms with Crippen molar-refractivity contribution in [2.75, 3.05) is 0 Å². The molecule has 0 saturated carbocycles. The molecule has 1 nitrogen and oxygen atoms in total. The second-order valence-electron chi connectivity index (χ2n) is 4.19. The number of nitrogens with two attached hydrogens (primary N) is 1. The molecule has 1 aromatic carbocycles. The number of benzene rings is 1. The largest absolute Gasteiger partial charge is 0.324 e. The Morgan fingerprint density at radius 2 is 1.94 bits per heavy atom. The summed E-state index contributed by atoms with van der Waals surface area (Å²) in [5.74, 6) is -1.03. The minimum absolute atomic E-state index is 0.0381. The maximum atomic E-state index is 13.7. The first-order chi connectivity index (χ1) is 7.57. The molecule has 90 valence electrons. The summed E-state index contributed by atoms with van der Waals surface area (Å²) in [6.45, 7) is 3.70. The van der Waals surface area contributed by atoms with Gasteiger partial charge < -0.3 is 5.73 Å². The van der Waals surface area contributed by atoms with Crippen LogP contribution in [0.4, 0.5) is 8.78 Å². The summed E-state index contributed by atoms with van der Waals surface area (Å²) in [6, 6.07) is 2.19. The van der Waals surface area contributed by atoms with Crippen LogP contribution in [0, 0.1) is 18.6 Å². The molecular formula is C13H19F2N. The molecule has 1 aromatic rings. The van der Waals surface area contributed by atoms with Crippen LogP contribution in [0.15, 0.2) is 12.1 Å². The predicted molar refractivity (Wildman–Crippen MR) is 62.2 cm³/mol. The van der Waals surface area contributed by atoms with Gasteiger partial charge in [0, 0.05) is 11.6 Å². The van der Waals surface area contributed by atoms with Crippen molar-refractivity contribution < 1.29 is 8.78 Å². The molecular weight excluding hydrogens is 208 g/mol. The smallest absolute Gasteiger partial charge is 0.133 e. The number of hydrogen-bond donors (Lipinski definition) is 1. The molecule has 0 aliphatic carbocycles. The Morgan fingerprint density at radius 3 is 2.56 bits per heavy atom. The average molecular weight is 227 g/mol. The van der Waals surface area contributed by atoms with Crippen molar-refractivity contribution in [2.24, 2.45) is 5.73 Å². The Hall–Kier alpha value is -0.960. The minimum atomic E-state index is -0.536. The Morgan fingerprint density at radius 1 is 1.25 bits per heavy atom. The van der Waals surface area contributed by atoms with Gasteiger partial charge in [-0.2, -0.15) is 0 Å². The van der Waals surface area contributed by atoms with Gasteiger partial charge in [0.15, 0.2) is 0 Å². The molecule has 2 N–H and O–H groups in total. The van der Waals surface area contributed by atoms with Crippen LogP contribution in [0.3, 0.4) is 0 Å². The van der Waals surface area contributed by atoms with E-state index in [1.54, 1.807) is 6.92 Å². The zero-order valence-corrected chi connectivity index (χ0v) is 9.89. The van der Waals surface area contributed by atoms with Gasteiger partial charge in [-0.25, -0.2) is 8.78 Å². The topological polar surface area (TPSA) is 26.0 Å². The van der Waals surface area contributed by atoms with Crippen LogP contribution >= 0.6 is 0 Å². The molecule has 1 atom stereocenters. The second kappa shape index (κ2) is 5.94. The van der Waals surface area contributed by atoms with Crippen LogP contribution < -0.4 is 5.73 Å². The molecule has 16 heavy (non-hydrogen) atoms. The lowest BCUT2D eigenvalue weighted by Crippen LogP contribution is -2.15. The number of aryl methyl sites for hydroxylation is 1. The van der Waals surface area contributed by atoms with E-state index in [9.17, 15) is 8.78 Å². The monoisotopic (exact) mass is 227 g/mol. The lowest BCUT2D eigenvalue weighted by Gasteiger charge is -2.14. The van der Waals surface area contributed by atoms with Gasteiger partial charge in [0.25, 0.3) is 0 Å². The van der Waals surface area contributed by atoms with E-state index in [0.717, 1.165) is 19.3 Å². The molecule has 0 aliphatic heterocycles. The summed E-state index contributed by atoms with van der Waals surface area (Å²) in [5, 5.41) is 0. The van der Waals surface area contributed by atoms with Crippen molar-refractivity contribution in [2.45, 2.75) is 45.6 Å². The third-order valence-corrected chi connectivity index (χ3v) is 2.81. The average Bonchev–Trinajstić information content (AvgIpc) is 2.24. The van der Waals surface area contributed by atoms with Crippen LogP contribution in [0.2, 0.25) is 0 Å². The van der Waals surface area contributed by atoms with E-state index in [0.29, 0.717) is 12.0 Å². The highest BCUT2D eigenvalue weighted by Crippen LogP contribution is 2.25. The quantitative estimate of drug-likeness (QED) is 0.759. The summed E-state index contributed by atoms with van der Waals surface area (Å²) in [6.07, 6.45) is 3.66.